The maximum atomic E-state index is 9.84. The van der Waals surface area contributed by atoms with Gasteiger partial charge in [0, 0.05) is 17.4 Å². The molecule has 0 saturated carbocycles. The van der Waals surface area contributed by atoms with Gasteiger partial charge in [0.2, 0.25) is 0 Å². The lowest BCUT2D eigenvalue weighted by molar-refractivity contribution is -0.165. The standard InChI is InChI=1S/C17H20O4/c18-15-7-3-6-14-13(15)5-4-8-16(14)19-11-12-21-17-9-1-2-10-20-17/h3-8,17-18H,1-2,9-12H2. The minimum Gasteiger partial charge on any atom is -0.507 e. The van der Waals surface area contributed by atoms with Crippen molar-refractivity contribution in [2.75, 3.05) is 19.8 Å². The highest BCUT2D eigenvalue weighted by Gasteiger charge is 2.13. The first-order valence-corrected chi connectivity index (χ1v) is 7.41. The molecule has 2 aromatic rings. The van der Waals surface area contributed by atoms with Crippen molar-refractivity contribution in [3.63, 3.8) is 0 Å². The van der Waals surface area contributed by atoms with Crippen molar-refractivity contribution < 1.29 is 19.3 Å². The number of benzene rings is 2. The molecule has 1 aliphatic heterocycles. The Bertz CT molecular complexity index is 590. The molecule has 112 valence electrons. The second kappa shape index (κ2) is 6.78. The van der Waals surface area contributed by atoms with Crippen molar-refractivity contribution in [1.29, 1.82) is 0 Å². The Morgan fingerprint density at radius 1 is 1.05 bits per heavy atom. The van der Waals surface area contributed by atoms with Crippen molar-refractivity contribution in [2.24, 2.45) is 0 Å². The van der Waals surface area contributed by atoms with Crippen LogP contribution in [0.1, 0.15) is 19.3 Å². The van der Waals surface area contributed by atoms with E-state index >= 15 is 0 Å². The van der Waals surface area contributed by atoms with Crippen LogP contribution in [0.4, 0.5) is 0 Å². The van der Waals surface area contributed by atoms with Crippen molar-refractivity contribution in [3.05, 3.63) is 36.4 Å². The van der Waals surface area contributed by atoms with Gasteiger partial charge in [0.05, 0.1) is 6.61 Å². The van der Waals surface area contributed by atoms with E-state index < -0.39 is 0 Å². The van der Waals surface area contributed by atoms with Crippen molar-refractivity contribution in [2.45, 2.75) is 25.6 Å². The second-order valence-electron chi connectivity index (χ2n) is 5.14. The number of hydrogen-bond acceptors (Lipinski definition) is 4. The summed E-state index contributed by atoms with van der Waals surface area (Å²) in [5, 5.41) is 11.5. The van der Waals surface area contributed by atoms with Crippen molar-refractivity contribution >= 4 is 10.8 Å². The first-order chi connectivity index (χ1) is 10.3. The van der Waals surface area contributed by atoms with E-state index in [0.717, 1.165) is 42.4 Å². The minimum atomic E-state index is -0.0843. The van der Waals surface area contributed by atoms with Gasteiger partial charge >= 0.3 is 0 Å². The molecular weight excluding hydrogens is 268 g/mol. The molecular formula is C17H20O4. The Kier molecular flexibility index (Phi) is 4.58. The van der Waals surface area contributed by atoms with Crippen LogP contribution in [-0.4, -0.2) is 31.2 Å². The number of aromatic hydroxyl groups is 1. The lowest BCUT2D eigenvalue weighted by atomic mass is 10.1. The van der Waals surface area contributed by atoms with Gasteiger partial charge in [-0.1, -0.05) is 24.3 Å². The van der Waals surface area contributed by atoms with E-state index in [2.05, 4.69) is 0 Å². The predicted molar refractivity (Wildman–Crippen MR) is 80.7 cm³/mol. The van der Waals surface area contributed by atoms with E-state index in [1.807, 2.05) is 30.3 Å². The van der Waals surface area contributed by atoms with Crippen LogP contribution in [-0.2, 0) is 9.47 Å². The summed E-state index contributed by atoms with van der Waals surface area (Å²) in [6, 6.07) is 11.1. The summed E-state index contributed by atoms with van der Waals surface area (Å²) < 4.78 is 16.9. The van der Waals surface area contributed by atoms with E-state index in [1.54, 1.807) is 6.07 Å². The summed E-state index contributed by atoms with van der Waals surface area (Å²) in [7, 11) is 0. The van der Waals surface area contributed by atoms with E-state index in [1.165, 1.54) is 0 Å². The molecule has 3 rings (SSSR count). The zero-order valence-electron chi connectivity index (χ0n) is 12.0. The molecule has 2 aromatic carbocycles. The Morgan fingerprint density at radius 3 is 2.76 bits per heavy atom. The maximum absolute atomic E-state index is 9.84. The van der Waals surface area contributed by atoms with Crippen LogP contribution >= 0.6 is 0 Å². The van der Waals surface area contributed by atoms with Gasteiger partial charge in [-0.25, -0.2) is 0 Å². The summed E-state index contributed by atoms with van der Waals surface area (Å²) >= 11 is 0. The van der Waals surface area contributed by atoms with Crippen LogP contribution in [0.2, 0.25) is 0 Å². The Morgan fingerprint density at radius 2 is 1.90 bits per heavy atom. The van der Waals surface area contributed by atoms with Crippen LogP contribution in [0.15, 0.2) is 36.4 Å². The molecule has 1 heterocycles. The number of phenols is 1. The fourth-order valence-electron chi connectivity index (χ4n) is 2.56. The van der Waals surface area contributed by atoms with Gasteiger partial charge in [-0.05, 0) is 31.4 Å². The number of phenolic OH excluding ortho intramolecular Hbond substituents is 1. The second-order valence-corrected chi connectivity index (χ2v) is 5.14. The van der Waals surface area contributed by atoms with Gasteiger partial charge < -0.3 is 19.3 Å². The molecule has 0 radical (unpaired) electrons. The summed E-state index contributed by atoms with van der Waals surface area (Å²) in [6.45, 7) is 1.75. The fraction of sp³-hybridized carbons (Fsp3) is 0.412. The molecule has 1 saturated heterocycles. The van der Waals surface area contributed by atoms with Gasteiger partial charge in [-0.3, -0.25) is 0 Å². The summed E-state index contributed by atoms with van der Waals surface area (Å²) in [6.07, 6.45) is 3.16. The summed E-state index contributed by atoms with van der Waals surface area (Å²) in [5.41, 5.74) is 0. The van der Waals surface area contributed by atoms with E-state index in [0.29, 0.717) is 13.2 Å². The number of rotatable bonds is 5. The quantitative estimate of drug-likeness (QED) is 0.856. The average Bonchev–Trinajstić information content (AvgIpc) is 2.53. The van der Waals surface area contributed by atoms with Crippen molar-refractivity contribution in [3.8, 4) is 11.5 Å². The van der Waals surface area contributed by atoms with Crippen LogP contribution in [0, 0.1) is 0 Å². The Hall–Kier alpha value is -1.78. The highest BCUT2D eigenvalue weighted by atomic mass is 16.7. The molecule has 4 heteroatoms. The molecule has 0 spiro atoms. The number of ether oxygens (including phenoxy) is 3. The Labute approximate surface area is 124 Å². The van der Waals surface area contributed by atoms with Crippen LogP contribution in [0.3, 0.4) is 0 Å². The maximum Gasteiger partial charge on any atom is 0.157 e. The number of fused-ring (bicyclic) bond motifs is 1. The molecule has 1 N–H and O–H groups in total. The van der Waals surface area contributed by atoms with Crippen molar-refractivity contribution in [1.82, 2.24) is 0 Å². The van der Waals surface area contributed by atoms with Gasteiger partial charge in [0.25, 0.3) is 0 Å². The lowest BCUT2D eigenvalue weighted by Gasteiger charge is -2.22. The molecule has 1 atom stereocenters. The summed E-state index contributed by atoms with van der Waals surface area (Å²) in [4.78, 5) is 0. The van der Waals surface area contributed by atoms with Gasteiger partial charge in [0.15, 0.2) is 6.29 Å². The normalized spacial score (nSPS) is 18.8. The molecule has 1 unspecified atom stereocenters. The highest BCUT2D eigenvalue weighted by molar-refractivity contribution is 5.92. The lowest BCUT2D eigenvalue weighted by Crippen LogP contribution is -2.24. The van der Waals surface area contributed by atoms with E-state index in [-0.39, 0.29) is 12.0 Å². The first-order valence-electron chi connectivity index (χ1n) is 7.41. The van der Waals surface area contributed by atoms with Crippen LogP contribution < -0.4 is 4.74 Å². The zero-order chi connectivity index (χ0) is 14.5. The first kappa shape index (κ1) is 14.2. The highest BCUT2D eigenvalue weighted by Crippen LogP contribution is 2.31. The van der Waals surface area contributed by atoms with E-state index in [4.69, 9.17) is 14.2 Å². The van der Waals surface area contributed by atoms with E-state index in [9.17, 15) is 5.11 Å². The average molecular weight is 288 g/mol. The summed E-state index contributed by atoms with van der Waals surface area (Å²) in [5.74, 6) is 1.03. The zero-order valence-corrected chi connectivity index (χ0v) is 12.0. The molecule has 0 bridgehead atoms. The molecule has 21 heavy (non-hydrogen) atoms. The molecule has 1 fully saturated rings. The van der Waals surface area contributed by atoms with Gasteiger partial charge in [0.1, 0.15) is 18.1 Å². The molecule has 0 amide bonds. The van der Waals surface area contributed by atoms with Crippen LogP contribution in [0.5, 0.6) is 11.5 Å². The topological polar surface area (TPSA) is 47.9 Å². The third-order valence-corrected chi connectivity index (χ3v) is 3.64. The molecule has 0 aromatic heterocycles. The Balaban J connectivity index is 1.57. The number of hydrogen-bond donors (Lipinski definition) is 1. The third-order valence-electron chi connectivity index (χ3n) is 3.64. The predicted octanol–water partition coefficient (Wildman–Crippen LogP) is 3.47. The van der Waals surface area contributed by atoms with Gasteiger partial charge in [-0.15, -0.1) is 0 Å². The smallest absolute Gasteiger partial charge is 0.157 e. The molecule has 1 aliphatic rings. The largest absolute Gasteiger partial charge is 0.507 e. The third kappa shape index (κ3) is 3.46. The minimum absolute atomic E-state index is 0.0843. The fourth-order valence-corrected chi connectivity index (χ4v) is 2.56. The van der Waals surface area contributed by atoms with Crippen LogP contribution in [0.25, 0.3) is 10.8 Å². The van der Waals surface area contributed by atoms with Gasteiger partial charge in [-0.2, -0.15) is 0 Å². The molecule has 0 aliphatic carbocycles. The SMILES string of the molecule is Oc1cccc2c(OCCOC3CCCCO3)cccc12. The monoisotopic (exact) mass is 288 g/mol. The molecule has 4 nitrogen and oxygen atoms in total.